The fourth-order valence-electron chi connectivity index (χ4n) is 5.18. The van der Waals surface area contributed by atoms with Gasteiger partial charge in [0.2, 0.25) is 0 Å². The lowest BCUT2D eigenvalue weighted by molar-refractivity contribution is -0.137. The summed E-state index contributed by atoms with van der Waals surface area (Å²) in [7, 11) is 1.53. The van der Waals surface area contributed by atoms with Crippen molar-refractivity contribution < 1.29 is 36.6 Å². The molecular weight excluding hydrogens is 642 g/mol. The number of nitrogens with two attached hydrogens (primary N) is 1. The van der Waals surface area contributed by atoms with Gasteiger partial charge in [-0.25, -0.2) is 9.18 Å². The number of halogens is 5. The van der Waals surface area contributed by atoms with Crippen molar-refractivity contribution in [2.75, 3.05) is 38.4 Å². The summed E-state index contributed by atoms with van der Waals surface area (Å²) in [6, 6.07) is 10.5. The Labute approximate surface area is 273 Å². The van der Waals surface area contributed by atoms with Gasteiger partial charge >= 0.3 is 12.2 Å². The monoisotopic (exact) mass is 673 g/mol. The summed E-state index contributed by atoms with van der Waals surface area (Å²) in [5.41, 5.74) is 4.63. The van der Waals surface area contributed by atoms with Crippen LogP contribution < -0.4 is 25.0 Å². The Morgan fingerprint density at radius 1 is 1.04 bits per heavy atom. The fraction of sp³-hybridized carbons (Fsp3) is 0.303. The minimum Gasteiger partial charge on any atom is -0.493 e. The number of anilines is 1. The quantitative estimate of drug-likeness (QED) is 0.0749. The number of methoxy groups -OCH3 is 1. The third-order valence-corrected chi connectivity index (χ3v) is 7.85. The Bertz CT molecular complexity index is 1770. The standard InChI is InChI=1S/C33H32ClF4N5O4/c1-45-30-18-23-27(19-31(30)46-15-5-14-42-12-3-2-4-13-42)40-11-10-28(23)47-29-9-6-21(16-26(29)35)20-41-43(32(39)44)22-7-8-25(34)24(17-22)33(36,37)38/h6-11,16-20H,2-5,12-15H2,1H3,(H2,39,44)/b41-20+. The lowest BCUT2D eigenvalue weighted by atomic mass is 10.1. The normalized spacial score (nSPS) is 14.0. The number of primary amides is 1. The average Bonchev–Trinajstić information content (AvgIpc) is 3.04. The molecule has 1 aromatic heterocycles. The van der Waals surface area contributed by atoms with Crippen LogP contribution in [0.2, 0.25) is 5.02 Å². The molecule has 47 heavy (non-hydrogen) atoms. The lowest BCUT2D eigenvalue weighted by Crippen LogP contribution is -2.31. The van der Waals surface area contributed by atoms with E-state index in [0.717, 1.165) is 50.5 Å². The second kappa shape index (κ2) is 14.9. The van der Waals surface area contributed by atoms with Crippen LogP contribution in [0.4, 0.5) is 28.0 Å². The highest BCUT2D eigenvalue weighted by molar-refractivity contribution is 6.31. The molecule has 4 aromatic rings. The highest BCUT2D eigenvalue weighted by Gasteiger charge is 2.34. The number of rotatable bonds is 11. The molecule has 3 aromatic carbocycles. The van der Waals surface area contributed by atoms with Gasteiger partial charge in [-0.05, 0) is 86.4 Å². The van der Waals surface area contributed by atoms with E-state index in [-0.39, 0.29) is 17.0 Å². The van der Waals surface area contributed by atoms with Crippen LogP contribution in [0.15, 0.2) is 65.9 Å². The minimum atomic E-state index is -4.77. The smallest absolute Gasteiger partial charge is 0.417 e. The third kappa shape index (κ3) is 8.40. The van der Waals surface area contributed by atoms with Crippen LogP contribution in [0.5, 0.6) is 23.0 Å². The summed E-state index contributed by atoms with van der Waals surface area (Å²) >= 11 is 5.67. The maximum absolute atomic E-state index is 15.2. The molecule has 1 aliphatic rings. The van der Waals surface area contributed by atoms with Crippen molar-refractivity contribution in [1.82, 2.24) is 9.88 Å². The molecule has 5 rings (SSSR count). The summed E-state index contributed by atoms with van der Waals surface area (Å²) in [4.78, 5) is 18.9. The Balaban J connectivity index is 1.30. The van der Waals surface area contributed by atoms with Crippen molar-refractivity contribution in [2.24, 2.45) is 10.8 Å². The Kier molecular flexibility index (Phi) is 10.7. The Hall–Kier alpha value is -4.62. The van der Waals surface area contributed by atoms with Crippen molar-refractivity contribution in [2.45, 2.75) is 31.9 Å². The molecule has 248 valence electrons. The van der Waals surface area contributed by atoms with Crippen LogP contribution in [0.3, 0.4) is 0 Å². The number of ether oxygens (including phenoxy) is 3. The molecule has 1 fully saturated rings. The molecule has 2 N–H and O–H groups in total. The fourth-order valence-corrected chi connectivity index (χ4v) is 5.40. The summed E-state index contributed by atoms with van der Waals surface area (Å²) in [6.07, 6.45) is 2.45. The van der Waals surface area contributed by atoms with Crippen molar-refractivity contribution >= 4 is 40.4 Å². The number of pyridine rings is 1. The van der Waals surface area contributed by atoms with Crippen LogP contribution in [0.1, 0.15) is 36.8 Å². The van der Waals surface area contributed by atoms with Gasteiger partial charge < -0.3 is 24.8 Å². The number of piperidine rings is 1. The van der Waals surface area contributed by atoms with Crippen LogP contribution in [0, 0.1) is 5.82 Å². The van der Waals surface area contributed by atoms with Gasteiger partial charge in [0.15, 0.2) is 23.1 Å². The zero-order valence-corrected chi connectivity index (χ0v) is 26.2. The van der Waals surface area contributed by atoms with E-state index in [1.165, 1.54) is 44.7 Å². The molecule has 0 aliphatic carbocycles. The van der Waals surface area contributed by atoms with Gasteiger partial charge in [0.05, 0.1) is 41.7 Å². The van der Waals surface area contributed by atoms with E-state index in [2.05, 4.69) is 15.0 Å². The molecule has 9 nitrogen and oxygen atoms in total. The van der Waals surface area contributed by atoms with E-state index in [1.54, 1.807) is 18.2 Å². The Morgan fingerprint density at radius 3 is 2.53 bits per heavy atom. The number of alkyl halides is 3. The number of fused-ring (bicyclic) bond motifs is 1. The zero-order chi connectivity index (χ0) is 33.6. The number of likely N-dealkylation sites (tertiary alicyclic amines) is 1. The Morgan fingerprint density at radius 2 is 1.83 bits per heavy atom. The number of hydrogen-bond acceptors (Lipinski definition) is 7. The van der Waals surface area contributed by atoms with Crippen LogP contribution >= 0.6 is 11.6 Å². The van der Waals surface area contributed by atoms with Gasteiger partial charge in [0.25, 0.3) is 0 Å². The molecule has 1 saturated heterocycles. The van der Waals surface area contributed by atoms with Crippen molar-refractivity contribution in [1.29, 1.82) is 0 Å². The van der Waals surface area contributed by atoms with E-state index < -0.39 is 28.6 Å². The van der Waals surface area contributed by atoms with Gasteiger partial charge in [-0.1, -0.05) is 18.0 Å². The maximum atomic E-state index is 15.2. The molecule has 1 aliphatic heterocycles. The van der Waals surface area contributed by atoms with Gasteiger partial charge in [0.1, 0.15) is 5.75 Å². The highest BCUT2D eigenvalue weighted by Crippen LogP contribution is 2.39. The van der Waals surface area contributed by atoms with Gasteiger partial charge in [-0.15, -0.1) is 0 Å². The molecule has 0 spiro atoms. The first-order chi connectivity index (χ1) is 22.5. The molecular formula is C33H32ClF4N5O4. The lowest BCUT2D eigenvalue weighted by Gasteiger charge is -2.26. The number of benzene rings is 3. The van der Waals surface area contributed by atoms with Crippen LogP contribution in [-0.2, 0) is 6.18 Å². The van der Waals surface area contributed by atoms with Gasteiger partial charge in [0, 0.05) is 24.2 Å². The second-order valence-corrected chi connectivity index (χ2v) is 11.2. The van der Waals surface area contributed by atoms with E-state index in [4.69, 9.17) is 31.5 Å². The number of aromatic nitrogens is 1. The molecule has 0 radical (unpaired) electrons. The van der Waals surface area contributed by atoms with Crippen molar-refractivity contribution in [3.05, 3.63) is 82.8 Å². The zero-order valence-electron chi connectivity index (χ0n) is 25.4. The number of nitrogens with zero attached hydrogens (tertiary/aromatic N) is 4. The minimum absolute atomic E-state index is 0.120. The molecule has 0 unspecified atom stereocenters. The van der Waals surface area contributed by atoms with Crippen molar-refractivity contribution in [3.8, 4) is 23.0 Å². The van der Waals surface area contributed by atoms with Crippen molar-refractivity contribution in [3.63, 3.8) is 0 Å². The predicted molar refractivity (Wildman–Crippen MR) is 171 cm³/mol. The summed E-state index contributed by atoms with van der Waals surface area (Å²) in [5.74, 6) is 0.439. The van der Waals surface area contributed by atoms with E-state index in [9.17, 15) is 18.0 Å². The number of hydrazone groups is 1. The van der Waals surface area contributed by atoms with E-state index >= 15 is 4.39 Å². The molecule has 2 amide bonds. The predicted octanol–water partition coefficient (Wildman–Crippen LogP) is 8.02. The molecule has 0 saturated carbocycles. The summed E-state index contributed by atoms with van der Waals surface area (Å²) < 4.78 is 72.6. The number of carbonyl (C=O) groups excluding carboxylic acids is 1. The topological polar surface area (TPSA) is 103 Å². The number of amides is 2. The van der Waals surface area contributed by atoms with Crippen LogP contribution in [0.25, 0.3) is 10.9 Å². The summed E-state index contributed by atoms with van der Waals surface area (Å²) in [6.45, 7) is 3.73. The second-order valence-electron chi connectivity index (χ2n) is 10.8. The third-order valence-electron chi connectivity index (χ3n) is 7.52. The average molecular weight is 674 g/mol. The largest absolute Gasteiger partial charge is 0.493 e. The molecule has 14 heteroatoms. The molecule has 0 atom stereocenters. The molecule has 0 bridgehead atoms. The van der Waals surface area contributed by atoms with Gasteiger partial charge in [-0.3, -0.25) is 4.98 Å². The van der Waals surface area contributed by atoms with E-state index in [0.29, 0.717) is 45.8 Å². The first-order valence-electron chi connectivity index (χ1n) is 14.8. The number of hydrogen-bond donors (Lipinski definition) is 1. The molecule has 2 heterocycles. The van der Waals surface area contributed by atoms with E-state index in [1.807, 2.05) is 0 Å². The summed E-state index contributed by atoms with van der Waals surface area (Å²) in [5, 5.41) is 4.42. The highest BCUT2D eigenvalue weighted by atomic mass is 35.5. The first-order valence-corrected chi connectivity index (χ1v) is 15.2. The maximum Gasteiger partial charge on any atom is 0.417 e. The number of carbonyl (C=O) groups is 1. The van der Waals surface area contributed by atoms with Crippen LogP contribution in [-0.4, -0.2) is 55.5 Å². The SMILES string of the molecule is COc1cc2c(Oc3ccc(/C=N/N(C(N)=O)c4ccc(Cl)c(C(F)(F)F)c4)cc3F)ccnc2cc1OCCCN1CCCCC1. The first kappa shape index (κ1) is 33.7. The number of urea groups is 1. The van der Waals surface area contributed by atoms with Gasteiger partial charge in [-0.2, -0.15) is 23.3 Å².